The van der Waals surface area contributed by atoms with Crippen LogP contribution in [0.3, 0.4) is 0 Å². The zero-order valence-corrected chi connectivity index (χ0v) is 9.73. The maximum Gasteiger partial charge on any atom is 0.126 e. The topological polar surface area (TPSA) is 46.0 Å². The second-order valence-corrected chi connectivity index (χ2v) is 4.19. The molecule has 0 radical (unpaired) electrons. The van der Waals surface area contributed by atoms with Crippen molar-refractivity contribution >= 4 is 27.6 Å². The van der Waals surface area contributed by atoms with E-state index in [0.717, 1.165) is 32.8 Å². The summed E-state index contributed by atoms with van der Waals surface area (Å²) < 4.78 is 0. The average molecular weight is 224 g/mol. The fourth-order valence-electron chi connectivity index (χ4n) is 2.24. The van der Waals surface area contributed by atoms with Gasteiger partial charge in [-0.15, -0.1) is 0 Å². The van der Waals surface area contributed by atoms with Crippen LogP contribution in [0.15, 0.2) is 30.3 Å². The molecule has 1 heterocycles. The summed E-state index contributed by atoms with van der Waals surface area (Å²) >= 11 is 0. The second-order valence-electron chi connectivity index (χ2n) is 4.19. The highest BCUT2D eigenvalue weighted by Gasteiger charge is 2.06. The highest BCUT2D eigenvalue weighted by molar-refractivity contribution is 6.07. The van der Waals surface area contributed by atoms with Crippen molar-refractivity contribution in [2.24, 2.45) is 0 Å². The number of rotatable bonds is 0. The van der Waals surface area contributed by atoms with Crippen LogP contribution in [0.1, 0.15) is 12.7 Å². The molecule has 2 aromatic carbocycles. The van der Waals surface area contributed by atoms with Gasteiger partial charge in [-0.3, -0.25) is 0 Å². The predicted molar refractivity (Wildman–Crippen MR) is 68.7 cm³/mol. The molecule has 3 nitrogen and oxygen atoms in total. The third kappa shape index (κ3) is 1.43. The normalized spacial score (nSPS) is 13.3. The van der Waals surface area contributed by atoms with Crippen molar-refractivity contribution in [1.82, 2.24) is 9.97 Å². The van der Waals surface area contributed by atoms with Crippen LogP contribution in [0, 0.1) is 6.92 Å². The summed E-state index contributed by atoms with van der Waals surface area (Å²) in [5, 5.41) is 12.6. The molecule has 0 saturated heterocycles. The van der Waals surface area contributed by atoms with Crippen LogP contribution in [-0.2, 0) is 0 Å². The molecule has 1 aromatic heterocycles. The largest absolute Gasteiger partial charge is 0.512 e. The lowest BCUT2D eigenvalue weighted by molar-refractivity contribution is 0.499. The van der Waals surface area contributed by atoms with Gasteiger partial charge in [0, 0.05) is 10.6 Å². The van der Waals surface area contributed by atoms with Gasteiger partial charge in [0.15, 0.2) is 0 Å². The standard InChI is InChI=1S/C14H12N2O/c1-8(17)10-6-7-13-14-11(10)4-3-5-12(14)15-9(2)16-13/h3-7,17H,1-2H3. The summed E-state index contributed by atoms with van der Waals surface area (Å²) in [7, 11) is 0. The fourth-order valence-corrected chi connectivity index (χ4v) is 2.24. The molecule has 0 atom stereocenters. The van der Waals surface area contributed by atoms with E-state index >= 15 is 0 Å². The first-order valence-electron chi connectivity index (χ1n) is 5.52. The number of aryl methyl sites for hydroxylation is 1. The summed E-state index contributed by atoms with van der Waals surface area (Å²) in [4.78, 5) is 8.85. The van der Waals surface area contributed by atoms with Crippen LogP contribution >= 0.6 is 0 Å². The van der Waals surface area contributed by atoms with Crippen LogP contribution in [-0.4, -0.2) is 15.1 Å². The van der Waals surface area contributed by atoms with Gasteiger partial charge in [-0.05, 0) is 37.4 Å². The van der Waals surface area contributed by atoms with E-state index in [1.165, 1.54) is 0 Å². The molecule has 3 heteroatoms. The quantitative estimate of drug-likeness (QED) is 0.638. The molecule has 0 aliphatic carbocycles. The molecular formula is C14H12N2O. The molecule has 3 aromatic rings. The van der Waals surface area contributed by atoms with E-state index in [1.807, 2.05) is 37.3 Å². The molecule has 84 valence electrons. The lowest BCUT2D eigenvalue weighted by Crippen LogP contribution is -2.07. The number of hydrogen-bond acceptors (Lipinski definition) is 3. The van der Waals surface area contributed by atoms with E-state index in [1.54, 1.807) is 6.92 Å². The molecule has 17 heavy (non-hydrogen) atoms. The lowest BCUT2D eigenvalue weighted by Gasteiger charge is -2.06. The van der Waals surface area contributed by atoms with Crippen LogP contribution in [0.4, 0.5) is 0 Å². The van der Waals surface area contributed by atoms with E-state index in [9.17, 15) is 5.11 Å². The van der Waals surface area contributed by atoms with Crippen molar-refractivity contribution in [2.75, 3.05) is 0 Å². The Hall–Kier alpha value is -2.16. The molecule has 0 fully saturated rings. The van der Waals surface area contributed by atoms with Gasteiger partial charge in [0.05, 0.1) is 16.8 Å². The molecule has 0 saturated carbocycles. The minimum absolute atomic E-state index is 0.319. The SMILES string of the molecule is CC(O)=c1ccc2nc(C)nc3cccc1c32. The van der Waals surface area contributed by atoms with Gasteiger partial charge >= 0.3 is 0 Å². The predicted octanol–water partition coefficient (Wildman–Crippen LogP) is 2.50. The Morgan fingerprint density at radius 3 is 2.47 bits per heavy atom. The molecule has 1 N–H and O–H groups in total. The number of nitrogens with zero attached hydrogens (tertiary/aromatic N) is 2. The lowest BCUT2D eigenvalue weighted by atomic mass is 10.0. The molecule has 0 bridgehead atoms. The number of aliphatic hydroxyl groups is 1. The third-order valence-electron chi connectivity index (χ3n) is 2.95. The van der Waals surface area contributed by atoms with Gasteiger partial charge in [0.25, 0.3) is 0 Å². The zero-order chi connectivity index (χ0) is 12.0. The number of benzene rings is 2. The summed E-state index contributed by atoms with van der Waals surface area (Å²) in [6, 6.07) is 9.75. The smallest absolute Gasteiger partial charge is 0.126 e. The Labute approximate surface area is 98.4 Å². The van der Waals surface area contributed by atoms with Crippen LogP contribution in [0.25, 0.3) is 27.6 Å². The molecule has 0 aliphatic rings. The van der Waals surface area contributed by atoms with E-state index in [-0.39, 0.29) is 0 Å². The monoisotopic (exact) mass is 224 g/mol. The number of hydrogen-bond donors (Lipinski definition) is 1. The Balaban J connectivity index is 2.69. The molecule has 3 rings (SSSR count). The maximum atomic E-state index is 9.70. The Morgan fingerprint density at radius 1 is 1.06 bits per heavy atom. The number of aliphatic hydroxyl groups excluding tert-OH is 1. The van der Waals surface area contributed by atoms with E-state index in [2.05, 4.69) is 9.97 Å². The molecule has 0 unspecified atom stereocenters. The maximum absolute atomic E-state index is 9.70. The van der Waals surface area contributed by atoms with Crippen LogP contribution < -0.4 is 5.22 Å². The first-order chi connectivity index (χ1) is 8.16. The highest BCUT2D eigenvalue weighted by Crippen LogP contribution is 2.21. The molecule has 0 aliphatic heterocycles. The van der Waals surface area contributed by atoms with Gasteiger partial charge in [0.1, 0.15) is 5.82 Å². The molecule has 0 amide bonds. The summed E-state index contributed by atoms with van der Waals surface area (Å²) in [6.07, 6.45) is 0. The van der Waals surface area contributed by atoms with Crippen molar-refractivity contribution in [3.8, 4) is 0 Å². The van der Waals surface area contributed by atoms with Gasteiger partial charge in [-0.25, -0.2) is 9.97 Å². The van der Waals surface area contributed by atoms with Crippen molar-refractivity contribution in [2.45, 2.75) is 13.8 Å². The van der Waals surface area contributed by atoms with E-state index in [0.29, 0.717) is 5.76 Å². The van der Waals surface area contributed by atoms with E-state index in [4.69, 9.17) is 0 Å². The first-order valence-corrected chi connectivity index (χ1v) is 5.52. The third-order valence-corrected chi connectivity index (χ3v) is 2.95. The minimum Gasteiger partial charge on any atom is -0.512 e. The van der Waals surface area contributed by atoms with Crippen LogP contribution in [0.2, 0.25) is 0 Å². The summed E-state index contributed by atoms with van der Waals surface area (Å²) in [5.41, 5.74) is 1.85. The van der Waals surface area contributed by atoms with Crippen molar-refractivity contribution in [1.29, 1.82) is 0 Å². The van der Waals surface area contributed by atoms with E-state index < -0.39 is 0 Å². The fraction of sp³-hybridized carbons (Fsp3) is 0.143. The van der Waals surface area contributed by atoms with Crippen molar-refractivity contribution in [3.05, 3.63) is 41.4 Å². The number of aromatic nitrogens is 2. The van der Waals surface area contributed by atoms with Gasteiger partial charge in [-0.1, -0.05) is 12.1 Å². The van der Waals surface area contributed by atoms with Gasteiger partial charge in [-0.2, -0.15) is 0 Å². The van der Waals surface area contributed by atoms with Gasteiger partial charge in [0.2, 0.25) is 0 Å². The zero-order valence-electron chi connectivity index (χ0n) is 9.73. The Bertz CT molecular complexity index is 755. The minimum atomic E-state index is 0.319. The summed E-state index contributed by atoms with van der Waals surface area (Å²) in [5.74, 6) is 1.09. The first kappa shape index (κ1) is 10.0. The van der Waals surface area contributed by atoms with Crippen molar-refractivity contribution < 1.29 is 5.11 Å². The Kier molecular flexibility index (Phi) is 2.01. The highest BCUT2D eigenvalue weighted by atomic mass is 16.3. The second kappa shape index (κ2) is 3.42. The van der Waals surface area contributed by atoms with Crippen LogP contribution in [0.5, 0.6) is 0 Å². The van der Waals surface area contributed by atoms with Crippen molar-refractivity contribution in [3.63, 3.8) is 0 Å². The Morgan fingerprint density at radius 2 is 1.76 bits per heavy atom. The summed E-state index contributed by atoms with van der Waals surface area (Å²) in [6.45, 7) is 3.58. The molecular weight excluding hydrogens is 212 g/mol. The average Bonchev–Trinajstić information content (AvgIpc) is 2.28. The van der Waals surface area contributed by atoms with Gasteiger partial charge < -0.3 is 5.11 Å². The molecule has 0 spiro atoms.